The number of nitrogens with zero attached hydrogens (tertiary/aromatic N) is 1. The van der Waals surface area contributed by atoms with Gasteiger partial charge in [0, 0.05) is 0 Å². The van der Waals surface area contributed by atoms with Crippen molar-refractivity contribution in [2.75, 3.05) is 13.1 Å². The minimum absolute atomic E-state index is 0.156. The van der Waals surface area contributed by atoms with Crippen molar-refractivity contribution in [3.05, 3.63) is 12.1 Å². The van der Waals surface area contributed by atoms with Gasteiger partial charge in [0.05, 0.1) is 6.54 Å². The van der Waals surface area contributed by atoms with Crippen LogP contribution in [0.4, 0.5) is 0 Å². The fourth-order valence-corrected chi connectivity index (χ4v) is 2.01. The summed E-state index contributed by atoms with van der Waals surface area (Å²) in [6.45, 7) is 6.20. The highest BCUT2D eigenvalue weighted by molar-refractivity contribution is 6.57. The van der Waals surface area contributed by atoms with Crippen LogP contribution in [0, 0.1) is 0 Å². The van der Waals surface area contributed by atoms with Gasteiger partial charge in [-0.05, 0) is 31.8 Å². The molecule has 2 rings (SSSR count). The summed E-state index contributed by atoms with van der Waals surface area (Å²) in [7, 11) is -0.928. The molecule has 2 saturated heterocycles. The Hall–Kier alpha value is -1.30. The topological polar surface area (TPSA) is 55.8 Å². The van der Waals surface area contributed by atoms with Gasteiger partial charge in [-0.3, -0.25) is 14.5 Å². The van der Waals surface area contributed by atoms with Gasteiger partial charge in [-0.1, -0.05) is 0 Å². The van der Waals surface area contributed by atoms with E-state index in [-0.39, 0.29) is 24.5 Å². The minimum Gasteiger partial charge on any atom is -0.495 e. The molecule has 0 spiro atoms. The first kappa shape index (κ1) is 11.2. The van der Waals surface area contributed by atoms with Crippen molar-refractivity contribution in [1.29, 1.82) is 0 Å². The van der Waals surface area contributed by atoms with Gasteiger partial charge >= 0.3 is 19.1 Å². The fourth-order valence-electron chi connectivity index (χ4n) is 2.01. The van der Waals surface area contributed by atoms with E-state index < -0.39 is 7.12 Å². The van der Waals surface area contributed by atoms with Crippen molar-refractivity contribution < 1.29 is 18.9 Å². The lowest BCUT2D eigenvalue weighted by Crippen LogP contribution is -2.47. The van der Waals surface area contributed by atoms with Crippen LogP contribution in [-0.4, -0.2) is 43.1 Å². The van der Waals surface area contributed by atoms with Crippen molar-refractivity contribution in [1.82, 2.24) is 4.90 Å². The molecule has 0 unspecified atom stereocenters. The third kappa shape index (κ3) is 2.11. The van der Waals surface area contributed by atoms with Gasteiger partial charge in [-0.25, -0.2) is 0 Å². The number of carbonyl (C=O) groups excluding carboxylic acids is 2. The summed E-state index contributed by atoms with van der Waals surface area (Å²) in [4.78, 5) is 25.1. The SMILES string of the molecule is C=C(C)B1OC(=O)CN2CCC[C@H]2C(=O)O1. The molecule has 2 aliphatic heterocycles. The summed E-state index contributed by atoms with van der Waals surface area (Å²) in [5.74, 6) is -0.689. The second-order valence-corrected chi connectivity index (χ2v) is 4.23. The first-order valence-electron chi connectivity index (χ1n) is 5.37. The smallest absolute Gasteiger partial charge is 0.495 e. The molecular weight excluding hydrogens is 209 g/mol. The van der Waals surface area contributed by atoms with E-state index in [9.17, 15) is 9.59 Å². The van der Waals surface area contributed by atoms with Crippen molar-refractivity contribution in [2.24, 2.45) is 0 Å². The highest BCUT2D eigenvalue weighted by atomic mass is 16.6. The molecule has 0 radical (unpaired) electrons. The van der Waals surface area contributed by atoms with Gasteiger partial charge in [0.1, 0.15) is 6.04 Å². The molecule has 6 heteroatoms. The van der Waals surface area contributed by atoms with Crippen LogP contribution >= 0.6 is 0 Å². The third-order valence-electron chi connectivity index (χ3n) is 2.83. The van der Waals surface area contributed by atoms with Crippen LogP contribution in [0.25, 0.3) is 0 Å². The van der Waals surface area contributed by atoms with E-state index in [4.69, 9.17) is 9.31 Å². The Morgan fingerprint density at radius 3 is 2.94 bits per heavy atom. The lowest BCUT2D eigenvalue weighted by molar-refractivity contribution is -0.148. The highest BCUT2D eigenvalue weighted by Gasteiger charge is 2.40. The van der Waals surface area contributed by atoms with Crippen LogP contribution in [-0.2, 0) is 18.9 Å². The number of rotatable bonds is 1. The number of hydrogen-bond acceptors (Lipinski definition) is 5. The molecule has 0 aliphatic carbocycles. The Labute approximate surface area is 94.5 Å². The summed E-state index contributed by atoms with van der Waals surface area (Å²) < 4.78 is 10.1. The first-order chi connectivity index (χ1) is 7.58. The summed E-state index contributed by atoms with van der Waals surface area (Å²) in [5.41, 5.74) is 0.521. The van der Waals surface area contributed by atoms with E-state index in [1.165, 1.54) is 0 Å². The quantitative estimate of drug-likeness (QED) is 0.592. The second-order valence-electron chi connectivity index (χ2n) is 4.23. The standard InChI is InChI=1S/C10H14BNO4/c1-7(2)11-15-9(13)6-12-5-3-4-8(12)10(14)16-11/h8H,1,3-6H2,2H3/t8-/m0/s1. The molecule has 0 aromatic rings. The molecule has 0 amide bonds. The van der Waals surface area contributed by atoms with Crippen LogP contribution in [0.15, 0.2) is 12.1 Å². The van der Waals surface area contributed by atoms with Crippen LogP contribution in [0.1, 0.15) is 19.8 Å². The van der Waals surface area contributed by atoms with Crippen LogP contribution < -0.4 is 0 Å². The largest absolute Gasteiger partial charge is 0.631 e. The lowest BCUT2D eigenvalue weighted by atomic mass is 9.80. The Morgan fingerprint density at radius 1 is 1.50 bits per heavy atom. The zero-order valence-corrected chi connectivity index (χ0v) is 9.27. The van der Waals surface area contributed by atoms with E-state index >= 15 is 0 Å². The van der Waals surface area contributed by atoms with Gasteiger partial charge in [-0.15, -0.1) is 6.58 Å². The van der Waals surface area contributed by atoms with Crippen molar-refractivity contribution >= 4 is 19.1 Å². The van der Waals surface area contributed by atoms with Gasteiger partial charge in [0.2, 0.25) is 0 Å². The van der Waals surface area contributed by atoms with Crippen molar-refractivity contribution in [3.63, 3.8) is 0 Å². The normalized spacial score (nSPS) is 26.6. The van der Waals surface area contributed by atoms with Crippen LogP contribution in [0.3, 0.4) is 0 Å². The Morgan fingerprint density at radius 2 is 2.25 bits per heavy atom. The predicted molar refractivity (Wildman–Crippen MR) is 57.3 cm³/mol. The number of carbonyl (C=O) groups is 2. The highest BCUT2D eigenvalue weighted by Crippen LogP contribution is 2.21. The first-order valence-corrected chi connectivity index (χ1v) is 5.37. The van der Waals surface area contributed by atoms with Gasteiger partial charge < -0.3 is 9.31 Å². The molecule has 0 aromatic heterocycles. The van der Waals surface area contributed by atoms with Crippen LogP contribution in [0.2, 0.25) is 0 Å². The fraction of sp³-hybridized carbons (Fsp3) is 0.600. The average molecular weight is 223 g/mol. The molecule has 2 heterocycles. The number of allylic oxidation sites excluding steroid dienone is 1. The molecule has 0 saturated carbocycles. The minimum atomic E-state index is -0.928. The molecule has 2 fully saturated rings. The molecule has 5 nitrogen and oxygen atoms in total. The second kappa shape index (κ2) is 4.29. The van der Waals surface area contributed by atoms with E-state index in [0.717, 1.165) is 19.4 Å². The molecule has 16 heavy (non-hydrogen) atoms. The maximum absolute atomic E-state index is 11.8. The molecule has 0 bridgehead atoms. The van der Waals surface area contributed by atoms with Crippen molar-refractivity contribution in [3.8, 4) is 0 Å². The molecule has 0 aromatic carbocycles. The van der Waals surface area contributed by atoms with Gasteiger partial charge in [0.15, 0.2) is 0 Å². The van der Waals surface area contributed by atoms with Gasteiger partial charge in [-0.2, -0.15) is 0 Å². The average Bonchev–Trinajstić information content (AvgIpc) is 2.62. The zero-order chi connectivity index (χ0) is 11.7. The maximum Gasteiger partial charge on any atom is 0.631 e. The summed E-state index contributed by atoms with van der Waals surface area (Å²) in [6.07, 6.45) is 1.65. The summed E-state index contributed by atoms with van der Waals surface area (Å²) in [6, 6.07) is -0.297. The van der Waals surface area contributed by atoms with Gasteiger partial charge in [0.25, 0.3) is 0 Å². The predicted octanol–water partition coefficient (Wildman–Crippen LogP) is 0.154. The number of hydrogen-bond donors (Lipinski definition) is 0. The maximum atomic E-state index is 11.8. The molecule has 0 N–H and O–H groups in total. The molecular formula is C10H14BNO4. The Kier molecular flexibility index (Phi) is 3.00. The lowest BCUT2D eigenvalue weighted by Gasteiger charge is -2.27. The molecule has 1 atom stereocenters. The third-order valence-corrected chi connectivity index (χ3v) is 2.83. The molecule has 86 valence electrons. The Bertz CT molecular complexity index is 344. The zero-order valence-electron chi connectivity index (χ0n) is 9.27. The monoisotopic (exact) mass is 223 g/mol. The van der Waals surface area contributed by atoms with Crippen LogP contribution in [0.5, 0.6) is 0 Å². The number of fused-ring (bicyclic) bond motifs is 1. The molecule has 2 aliphatic rings. The Balaban J connectivity index is 2.15. The van der Waals surface area contributed by atoms with E-state index in [0.29, 0.717) is 5.47 Å². The summed E-state index contributed by atoms with van der Waals surface area (Å²) >= 11 is 0. The van der Waals surface area contributed by atoms with E-state index in [2.05, 4.69) is 6.58 Å². The van der Waals surface area contributed by atoms with E-state index in [1.807, 2.05) is 0 Å². The van der Waals surface area contributed by atoms with Crippen molar-refractivity contribution in [2.45, 2.75) is 25.8 Å². The van der Waals surface area contributed by atoms with E-state index in [1.54, 1.807) is 11.8 Å². The summed E-state index contributed by atoms with van der Waals surface area (Å²) in [5, 5.41) is 0.